The Labute approximate surface area is 112 Å². The van der Waals surface area contributed by atoms with Crippen LogP contribution in [0.15, 0.2) is 18.2 Å². The predicted molar refractivity (Wildman–Crippen MR) is 69.9 cm³/mol. The molecule has 1 saturated heterocycles. The molecule has 1 aromatic carbocycles. The molecular formula is C14H20F2N2O. The molecule has 0 aliphatic carbocycles. The molecule has 2 rings (SSSR count). The predicted octanol–water partition coefficient (Wildman–Crippen LogP) is 1.56. The van der Waals surface area contributed by atoms with Gasteiger partial charge in [-0.05, 0) is 25.0 Å². The molecule has 0 saturated carbocycles. The zero-order chi connectivity index (χ0) is 13.9. The van der Waals surface area contributed by atoms with Crippen molar-refractivity contribution in [3.63, 3.8) is 0 Å². The molecule has 5 heteroatoms. The van der Waals surface area contributed by atoms with Crippen molar-refractivity contribution in [2.24, 2.45) is 5.73 Å². The van der Waals surface area contributed by atoms with Gasteiger partial charge in [0.05, 0.1) is 13.2 Å². The Kier molecular flexibility index (Phi) is 4.50. The van der Waals surface area contributed by atoms with Crippen molar-refractivity contribution in [1.82, 2.24) is 4.90 Å². The van der Waals surface area contributed by atoms with Crippen molar-refractivity contribution in [2.75, 3.05) is 32.8 Å². The molecule has 2 N–H and O–H groups in total. The van der Waals surface area contributed by atoms with E-state index in [0.717, 1.165) is 19.2 Å². The van der Waals surface area contributed by atoms with Gasteiger partial charge in [-0.25, -0.2) is 8.78 Å². The highest BCUT2D eigenvalue weighted by Crippen LogP contribution is 2.23. The smallest absolute Gasteiger partial charge is 0.129 e. The van der Waals surface area contributed by atoms with Crippen molar-refractivity contribution < 1.29 is 13.5 Å². The maximum atomic E-state index is 13.8. The summed E-state index contributed by atoms with van der Waals surface area (Å²) in [4.78, 5) is 2.22. The summed E-state index contributed by atoms with van der Waals surface area (Å²) in [6, 6.07) is 3.71. The van der Waals surface area contributed by atoms with E-state index in [0.29, 0.717) is 31.7 Å². The van der Waals surface area contributed by atoms with Gasteiger partial charge in [0, 0.05) is 31.2 Å². The topological polar surface area (TPSA) is 38.5 Å². The van der Waals surface area contributed by atoms with Gasteiger partial charge >= 0.3 is 0 Å². The first-order chi connectivity index (χ1) is 9.05. The zero-order valence-electron chi connectivity index (χ0n) is 11.2. The van der Waals surface area contributed by atoms with Crippen LogP contribution in [0.1, 0.15) is 12.5 Å². The minimum Gasteiger partial charge on any atom is -0.379 e. The molecule has 3 nitrogen and oxygen atoms in total. The quantitative estimate of drug-likeness (QED) is 0.902. The minimum absolute atomic E-state index is 0.331. The molecule has 0 bridgehead atoms. The van der Waals surface area contributed by atoms with Crippen molar-refractivity contribution >= 4 is 0 Å². The van der Waals surface area contributed by atoms with Crippen molar-refractivity contribution in [3.05, 3.63) is 35.4 Å². The van der Waals surface area contributed by atoms with Crippen molar-refractivity contribution in [2.45, 2.75) is 18.9 Å². The lowest BCUT2D eigenvalue weighted by molar-refractivity contribution is -0.0134. The van der Waals surface area contributed by atoms with Crippen LogP contribution in [0.25, 0.3) is 0 Å². The number of nitrogens with zero attached hydrogens (tertiary/aromatic N) is 1. The normalized spacial score (nSPS) is 20.2. The fraction of sp³-hybridized carbons (Fsp3) is 0.571. The first-order valence-corrected chi connectivity index (χ1v) is 6.52. The minimum atomic E-state index is -0.554. The number of halogens is 2. The van der Waals surface area contributed by atoms with Crippen LogP contribution in [-0.2, 0) is 11.2 Å². The van der Waals surface area contributed by atoms with E-state index in [1.54, 1.807) is 0 Å². The number of nitrogens with two attached hydrogens (primary N) is 1. The van der Waals surface area contributed by atoms with Crippen LogP contribution in [-0.4, -0.2) is 43.3 Å². The Bertz CT molecular complexity index is 435. The van der Waals surface area contributed by atoms with Gasteiger partial charge in [-0.15, -0.1) is 0 Å². The van der Waals surface area contributed by atoms with Gasteiger partial charge < -0.3 is 10.5 Å². The molecule has 0 amide bonds. The largest absolute Gasteiger partial charge is 0.379 e. The molecule has 19 heavy (non-hydrogen) atoms. The van der Waals surface area contributed by atoms with Gasteiger partial charge in [0.15, 0.2) is 0 Å². The summed E-state index contributed by atoms with van der Waals surface area (Å²) in [5.41, 5.74) is 6.06. The fourth-order valence-corrected chi connectivity index (χ4v) is 2.49. The third-order valence-electron chi connectivity index (χ3n) is 3.80. The molecule has 106 valence electrons. The molecule has 0 radical (unpaired) electrons. The second-order valence-corrected chi connectivity index (χ2v) is 5.21. The van der Waals surface area contributed by atoms with Gasteiger partial charge in [-0.3, -0.25) is 4.90 Å². The summed E-state index contributed by atoms with van der Waals surface area (Å²) in [5, 5.41) is 0. The summed E-state index contributed by atoms with van der Waals surface area (Å²) in [5.74, 6) is -1.06. The first-order valence-electron chi connectivity index (χ1n) is 6.52. The lowest BCUT2D eigenvalue weighted by Crippen LogP contribution is -2.57. The fourth-order valence-electron chi connectivity index (χ4n) is 2.49. The standard InChI is InChI=1S/C14H20F2N2O/c1-14(10-17,18-4-6-19-7-5-18)9-11-2-3-12(15)8-13(11)16/h2-3,8H,4-7,9-10,17H2,1H3. The number of hydrogen-bond acceptors (Lipinski definition) is 3. The van der Waals surface area contributed by atoms with Gasteiger partial charge in [0.1, 0.15) is 11.6 Å². The van der Waals surface area contributed by atoms with Gasteiger partial charge in [-0.1, -0.05) is 6.07 Å². The lowest BCUT2D eigenvalue weighted by Gasteiger charge is -2.43. The maximum absolute atomic E-state index is 13.8. The average molecular weight is 270 g/mol. The summed E-state index contributed by atoms with van der Waals surface area (Å²) < 4.78 is 32.0. The summed E-state index contributed by atoms with van der Waals surface area (Å²) in [6.45, 7) is 5.35. The Morgan fingerprint density at radius 1 is 1.32 bits per heavy atom. The highest BCUT2D eigenvalue weighted by Gasteiger charge is 2.32. The third kappa shape index (κ3) is 3.29. The van der Waals surface area contributed by atoms with E-state index < -0.39 is 11.6 Å². The van der Waals surface area contributed by atoms with Gasteiger partial charge in [0.2, 0.25) is 0 Å². The third-order valence-corrected chi connectivity index (χ3v) is 3.80. The van der Waals surface area contributed by atoms with E-state index in [-0.39, 0.29) is 5.54 Å². The van der Waals surface area contributed by atoms with E-state index in [1.165, 1.54) is 12.1 Å². The molecule has 1 atom stereocenters. The monoisotopic (exact) mass is 270 g/mol. The van der Waals surface area contributed by atoms with E-state index >= 15 is 0 Å². The summed E-state index contributed by atoms with van der Waals surface area (Å²) >= 11 is 0. The number of hydrogen-bond donors (Lipinski definition) is 1. The molecule has 1 heterocycles. The Hall–Kier alpha value is -1.04. The SMILES string of the molecule is CC(CN)(Cc1ccc(F)cc1F)N1CCOCC1. The van der Waals surface area contributed by atoms with E-state index in [9.17, 15) is 8.78 Å². The first kappa shape index (κ1) is 14.4. The second kappa shape index (κ2) is 5.94. The summed E-state index contributed by atoms with van der Waals surface area (Å²) in [7, 11) is 0. The van der Waals surface area contributed by atoms with Gasteiger partial charge in [0.25, 0.3) is 0 Å². The molecule has 0 aromatic heterocycles. The van der Waals surface area contributed by atoms with Crippen LogP contribution in [0, 0.1) is 11.6 Å². The molecule has 1 aliphatic heterocycles. The van der Waals surface area contributed by atoms with E-state index in [2.05, 4.69) is 4.90 Å². The van der Waals surface area contributed by atoms with Crippen LogP contribution in [0.4, 0.5) is 8.78 Å². The van der Waals surface area contributed by atoms with Crippen LogP contribution in [0.5, 0.6) is 0 Å². The zero-order valence-corrected chi connectivity index (χ0v) is 11.2. The molecule has 1 fully saturated rings. The van der Waals surface area contributed by atoms with Crippen LogP contribution >= 0.6 is 0 Å². The molecule has 0 spiro atoms. The average Bonchev–Trinajstić information content (AvgIpc) is 2.43. The highest BCUT2D eigenvalue weighted by molar-refractivity contribution is 5.21. The van der Waals surface area contributed by atoms with Crippen molar-refractivity contribution in [3.8, 4) is 0 Å². The van der Waals surface area contributed by atoms with Crippen LogP contribution in [0.3, 0.4) is 0 Å². The Balaban J connectivity index is 2.16. The molecule has 1 aliphatic rings. The highest BCUT2D eigenvalue weighted by atomic mass is 19.1. The Morgan fingerprint density at radius 2 is 2.00 bits per heavy atom. The summed E-state index contributed by atoms with van der Waals surface area (Å²) in [6.07, 6.45) is 0.468. The van der Waals surface area contributed by atoms with Crippen molar-refractivity contribution in [1.29, 1.82) is 0 Å². The maximum Gasteiger partial charge on any atom is 0.129 e. The van der Waals surface area contributed by atoms with Crippen LogP contribution < -0.4 is 5.73 Å². The molecule has 1 aromatic rings. The number of rotatable bonds is 4. The molecule has 1 unspecified atom stereocenters. The lowest BCUT2D eigenvalue weighted by atomic mass is 9.90. The van der Waals surface area contributed by atoms with Gasteiger partial charge in [-0.2, -0.15) is 0 Å². The van der Waals surface area contributed by atoms with E-state index in [1.807, 2.05) is 6.92 Å². The second-order valence-electron chi connectivity index (χ2n) is 5.21. The Morgan fingerprint density at radius 3 is 2.58 bits per heavy atom. The number of benzene rings is 1. The molecular weight excluding hydrogens is 250 g/mol. The number of ether oxygens (including phenoxy) is 1. The number of morpholine rings is 1. The van der Waals surface area contributed by atoms with E-state index in [4.69, 9.17) is 10.5 Å². The van der Waals surface area contributed by atoms with Crippen LogP contribution in [0.2, 0.25) is 0 Å².